The number of hydrogen-bond acceptors (Lipinski definition) is 4. The first-order valence-corrected chi connectivity index (χ1v) is 11.6. The molecule has 0 spiro atoms. The molecule has 1 saturated heterocycles. The molecule has 1 N–H and O–H groups in total. The summed E-state index contributed by atoms with van der Waals surface area (Å²) in [6, 6.07) is 3.96. The molecule has 0 atom stereocenters. The van der Waals surface area contributed by atoms with E-state index < -0.39 is 0 Å². The molecule has 0 bridgehead atoms. The Kier molecular flexibility index (Phi) is 9.87. The minimum absolute atomic E-state index is 0.411. The second-order valence-electron chi connectivity index (χ2n) is 8.18. The highest BCUT2D eigenvalue weighted by Crippen LogP contribution is 2.26. The molecule has 0 radical (unpaired) electrons. The van der Waals surface area contributed by atoms with Crippen molar-refractivity contribution < 1.29 is 13.9 Å². The van der Waals surface area contributed by atoms with Crippen molar-refractivity contribution in [2.75, 3.05) is 46.0 Å². The van der Waals surface area contributed by atoms with Gasteiger partial charge in [0.2, 0.25) is 0 Å². The SMILES string of the molecule is CCOCCCN=C(NCCc1ccco1)N1CCC(OCC2CCCC2)CC1. The smallest absolute Gasteiger partial charge is 0.193 e. The first kappa shape index (κ1) is 22.2. The van der Waals surface area contributed by atoms with Gasteiger partial charge in [-0.2, -0.15) is 0 Å². The lowest BCUT2D eigenvalue weighted by atomic mass is 10.1. The van der Waals surface area contributed by atoms with Gasteiger partial charge in [-0.15, -0.1) is 0 Å². The lowest BCUT2D eigenvalue weighted by molar-refractivity contribution is 0.00100. The van der Waals surface area contributed by atoms with Crippen molar-refractivity contribution in [3.63, 3.8) is 0 Å². The molecule has 0 aromatic carbocycles. The summed E-state index contributed by atoms with van der Waals surface area (Å²) >= 11 is 0. The average Bonchev–Trinajstić information content (AvgIpc) is 3.45. The quantitative estimate of drug-likeness (QED) is 0.344. The van der Waals surface area contributed by atoms with Crippen LogP contribution in [0, 0.1) is 5.92 Å². The van der Waals surface area contributed by atoms with Gasteiger partial charge in [-0.25, -0.2) is 0 Å². The number of guanidine groups is 1. The van der Waals surface area contributed by atoms with Crippen LogP contribution in [0.5, 0.6) is 0 Å². The third-order valence-electron chi connectivity index (χ3n) is 5.93. The van der Waals surface area contributed by atoms with Crippen LogP contribution >= 0.6 is 0 Å². The van der Waals surface area contributed by atoms with E-state index in [9.17, 15) is 0 Å². The van der Waals surface area contributed by atoms with Crippen molar-refractivity contribution >= 4 is 5.96 Å². The number of nitrogens with one attached hydrogen (secondary N) is 1. The van der Waals surface area contributed by atoms with E-state index in [0.717, 1.165) is 89.3 Å². The van der Waals surface area contributed by atoms with Gasteiger partial charge in [-0.05, 0) is 57.1 Å². The zero-order chi connectivity index (χ0) is 20.2. The summed E-state index contributed by atoms with van der Waals surface area (Å²) < 4.78 is 17.1. The molecule has 2 fully saturated rings. The first-order chi connectivity index (χ1) is 14.3. The number of likely N-dealkylation sites (tertiary alicyclic amines) is 1. The summed E-state index contributed by atoms with van der Waals surface area (Å²) in [5.74, 6) is 2.83. The Morgan fingerprint density at radius 3 is 2.79 bits per heavy atom. The maximum Gasteiger partial charge on any atom is 0.193 e. The summed E-state index contributed by atoms with van der Waals surface area (Å²) in [6.45, 7) is 8.18. The van der Waals surface area contributed by atoms with Gasteiger partial charge >= 0.3 is 0 Å². The van der Waals surface area contributed by atoms with E-state index in [1.165, 1.54) is 25.7 Å². The molecule has 29 heavy (non-hydrogen) atoms. The average molecular weight is 406 g/mol. The molecule has 1 aromatic rings. The maximum absolute atomic E-state index is 6.23. The third-order valence-corrected chi connectivity index (χ3v) is 5.93. The van der Waals surface area contributed by atoms with Crippen molar-refractivity contribution in [2.45, 2.75) is 64.4 Å². The predicted octanol–water partition coefficient (Wildman–Crippen LogP) is 3.87. The van der Waals surface area contributed by atoms with Gasteiger partial charge in [-0.3, -0.25) is 4.99 Å². The maximum atomic E-state index is 6.23. The van der Waals surface area contributed by atoms with Crippen LogP contribution in [0.4, 0.5) is 0 Å². The number of ether oxygens (including phenoxy) is 2. The molecular formula is C23H39N3O3. The van der Waals surface area contributed by atoms with Gasteiger partial charge < -0.3 is 24.1 Å². The Balaban J connectivity index is 1.42. The zero-order valence-electron chi connectivity index (χ0n) is 18.1. The normalized spacial score (nSPS) is 19.2. The molecule has 2 aliphatic rings. The molecular weight excluding hydrogens is 366 g/mol. The van der Waals surface area contributed by atoms with Gasteiger partial charge in [0.1, 0.15) is 5.76 Å². The second-order valence-corrected chi connectivity index (χ2v) is 8.18. The van der Waals surface area contributed by atoms with Gasteiger partial charge in [-0.1, -0.05) is 12.8 Å². The molecule has 1 aromatic heterocycles. The van der Waals surface area contributed by atoms with Crippen molar-refractivity contribution in [3.8, 4) is 0 Å². The van der Waals surface area contributed by atoms with E-state index in [0.29, 0.717) is 6.10 Å². The van der Waals surface area contributed by atoms with Gasteiger partial charge in [0, 0.05) is 52.4 Å². The predicted molar refractivity (Wildman–Crippen MR) is 116 cm³/mol. The molecule has 3 rings (SSSR count). The number of hydrogen-bond donors (Lipinski definition) is 1. The van der Waals surface area contributed by atoms with Crippen LogP contribution in [-0.4, -0.2) is 63.0 Å². The monoisotopic (exact) mass is 405 g/mol. The number of piperidine rings is 1. The Morgan fingerprint density at radius 2 is 2.07 bits per heavy atom. The molecule has 0 unspecified atom stereocenters. The van der Waals surface area contributed by atoms with Crippen LogP contribution in [0.3, 0.4) is 0 Å². The van der Waals surface area contributed by atoms with Crippen molar-refractivity contribution in [3.05, 3.63) is 24.2 Å². The molecule has 0 amide bonds. The summed E-state index contributed by atoms with van der Waals surface area (Å²) in [5, 5.41) is 3.54. The van der Waals surface area contributed by atoms with Crippen LogP contribution in [0.2, 0.25) is 0 Å². The first-order valence-electron chi connectivity index (χ1n) is 11.6. The Morgan fingerprint density at radius 1 is 1.24 bits per heavy atom. The fourth-order valence-electron chi connectivity index (χ4n) is 4.20. The minimum atomic E-state index is 0.411. The number of rotatable bonds is 11. The van der Waals surface area contributed by atoms with Gasteiger partial charge in [0.15, 0.2) is 5.96 Å². The van der Waals surface area contributed by atoms with Crippen molar-refractivity contribution in [1.82, 2.24) is 10.2 Å². The highest BCUT2D eigenvalue weighted by Gasteiger charge is 2.24. The van der Waals surface area contributed by atoms with Crippen LogP contribution in [0.25, 0.3) is 0 Å². The molecule has 6 nitrogen and oxygen atoms in total. The fourth-order valence-corrected chi connectivity index (χ4v) is 4.20. The zero-order valence-corrected chi connectivity index (χ0v) is 18.1. The Labute approximate surface area is 176 Å². The van der Waals surface area contributed by atoms with Crippen LogP contribution < -0.4 is 5.32 Å². The highest BCUT2D eigenvalue weighted by molar-refractivity contribution is 5.80. The van der Waals surface area contributed by atoms with E-state index in [4.69, 9.17) is 18.9 Å². The summed E-state index contributed by atoms with van der Waals surface area (Å²) in [5.41, 5.74) is 0. The van der Waals surface area contributed by atoms with E-state index in [1.807, 2.05) is 19.1 Å². The summed E-state index contributed by atoms with van der Waals surface area (Å²) in [6.07, 6.45) is 11.6. The topological polar surface area (TPSA) is 59.2 Å². The summed E-state index contributed by atoms with van der Waals surface area (Å²) in [4.78, 5) is 7.24. The molecule has 2 heterocycles. The van der Waals surface area contributed by atoms with Gasteiger partial charge in [0.05, 0.1) is 12.4 Å². The van der Waals surface area contributed by atoms with E-state index in [-0.39, 0.29) is 0 Å². The Hall–Kier alpha value is -1.53. The molecule has 164 valence electrons. The third kappa shape index (κ3) is 8.01. The highest BCUT2D eigenvalue weighted by atomic mass is 16.5. The minimum Gasteiger partial charge on any atom is -0.469 e. The van der Waals surface area contributed by atoms with Gasteiger partial charge in [0.25, 0.3) is 0 Å². The van der Waals surface area contributed by atoms with E-state index in [2.05, 4.69) is 10.2 Å². The molecule has 1 saturated carbocycles. The molecule has 1 aliphatic carbocycles. The lowest BCUT2D eigenvalue weighted by Crippen LogP contribution is -2.47. The standard InChI is InChI=1S/C23H39N3O3/c1-2-27-17-6-13-24-23(25-14-10-21-9-5-18-28-21)26-15-11-22(12-16-26)29-19-20-7-3-4-8-20/h5,9,18,20,22H,2-4,6-8,10-17,19H2,1H3,(H,24,25). The Bertz CT molecular complexity index is 562. The molecule has 1 aliphatic heterocycles. The van der Waals surface area contributed by atoms with E-state index >= 15 is 0 Å². The van der Waals surface area contributed by atoms with Crippen molar-refractivity contribution in [2.24, 2.45) is 10.9 Å². The fraction of sp³-hybridized carbons (Fsp3) is 0.783. The van der Waals surface area contributed by atoms with E-state index in [1.54, 1.807) is 6.26 Å². The van der Waals surface area contributed by atoms with Crippen LogP contribution in [0.1, 0.15) is 57.6 Å². The number of furan rings is 1. The number of aliphatic imine (C=N–C) groups is 1. The molecule has 6 heteroatoms. The second kappa shape index (κ2) is 12.9. The van der Waals surface area contributed by atoms with Crippen LogP contribution in [0.15, 0.2) is 27.8 Å². The summed E-state index contributed by atoms with van der Waals surface area (Å²) in [7, 11) is 0. The number of nitrogens with zero attached hydrogens (tertiary/aromatic N) is 2. The van der Waals surface area contributed by atoms with Crippen LogP contribution in [-0.2, 0) is 15.9 Å². The lowest BCUT2D eigenvalue weighted by Gasteiger charge is -2.34. The largest absolute Gasteiger partial charge is 0.469 e. The van der Waals surface area contributed by atoms with Crippen molar-refractivity contribution in [1.29, 1.82) is 0 Å².